The third-order valence-corrected chi connectivity index (χ3v) is 5.95. The van der Waals surface area contributed by atoms with Crippen molar-refractivity contribution in [2.45, 2.75) is 43.7 Å². The van der Waals surface area contributed by atoms with Crippen LogP contribution in [0.5, 0.6) is 17.2 Å². The number of ketones is 1. The minimum atomic E-state index is -0.347. The van der Waals surface area contributed by atoms with Gasteiger partial charge in [-0.2, -0.15) is 0 Å². The SMILES string of the molecule is COc1c2c(cc3c1OCO3)C13CCN(C2)C1CCCC3=O. The van der Waals surface area contributed by atoms with Crippen molar-refractivity contribution in [3.05, 3.63) is 17.2 Å². The van der Waals surface area contributed by atoms with Gasteiger partial charge in [0.15, 0.2) is 11.5 Å². The van der Waals surface area contributed by atoms with Crippen LogP contribution in [0.1, 0.15) is 36.8 Å². The lowest BCUT2D eigenvalue weighted by Crippen LogP contribution is -2.53. The summed E-state index contributed by atoms with van der Waals surface area (Å²) in [5, 5.41) is 0. The summed E-state index contributed by atoms with van der Waals surface area (Å²) in [6.07, 6.45) is 3.74. The zero-order valence-corrected chi connectivity index (χ0v) is 12.7. The van der Waals surface area contributed by atoms with E-state index in [0.717, 1.165) is 55.0 Å². The highest BCUT2D eigenvalue weighted by Gasteiger charge is 2.58. The summed E-state index contributed by atoms with van der Waals surface area (Å²) >= 11 is 0. The summed E-state index contributed by atoms with van der Waals surface area (Å²) < 4.78 is 16.8. The molecular weight excluding hydrogens is 282 g/mol. The van der Waals surface area contributed by atoms with E-state index in [-0.39, 0.29) is 12.2 Å². The molecule has 1 saturated carbocycles. The van der Waals surface area contributed by atoms with Gasteiger partial charge < -0.3 is 14.2 Å². The number of hydrogen-bond acceptors (Lipinski definition) is 5. The maximum atomic E-state index is 12.9. The molecule has 0 aromatic heterocycles. The molecule has 4 aliphatic rings. The Labute approximate surface area is 129 Å². The van der Waals surface area contributed by atoms with Crippen molar-refractivity contribution < 1.29 is 19.0 Å². The van der Waals surface area contributed by atoms with Gasteiger partial charge in [0, 0.05) is 31.1 Å². The first kappa shape index (κ1) is 12.8. The molecule has 1 saturated heterocycles. The Balaban J connectivity index is 1.80. The number of carbonyl (C=O) groups excluding carboxylic acids is 1. The molecule has 1 aromatic rings. The number of fused-ring (bicyclic) bond motifs is 2. The highest BCUT2D eigenvalue weighted by atomic mass is 16.7. The molecule has 0 radical (unpaired) electrons. The maximum Gasteiger partial charge on any atom is 0.231 e. The monoisotopic (exact) mass is 301 g/mol. The van der Waals surface area contributed by atoms with Gasteiger partial charge in [-0.1, -0.05) is 0 Å². The second kappa shape index (κ2) is 4.16. The van der Waals surface area contributed by atoms with Crippen molar-refractivity contribution in [1.82, 2.24) is 4.90 Å². The Morgan fingerprint density at radius 3 is 3.18 bits per heavy atom. The van der Waals surface area contributed by atoms with Gasteiger partial charge in [0.05, 0.1) is 12.5 Å². The maximum absolute atomic E-state index is 12.9. The predicted molar refractivity (Wildman–Crippen MR) is 78.5 cm³/mol. The van der Waals surface area contributed by atoms with E-state index in [1.165, 1.54) is 0 Å². The number of Topliss-reactive ketones (excluding diaryl/α,β-unsaturated/α-hetero) is 1. The zero-order chi connectivity index (χ0) is 14.9. The lowest BCUT2D eigenvalue weighted by atomic mass is 9.62. The van der Waals surface area contributed by atoms with E-state index >= 15 is 0 Å². The van der Waals surface area contributed by atoms with E-state index in [1.54, 1.807) is 7.11 Å². The Morgan fingerprint density at radius 1 is 1.41 bits per heavy atom. The number of rotatable bonds is 1. The van der Waals surface area contributed by atoms with Crippen molar-refractivity contribution in [3.8, 4) is 17.2 Å². The Morgan fingerprint density at radius 2 is 2.32 bits per heavy atom. The fraction of sp³-hybridized carbons (Fsp3) is 0.588. The predicted octanol–water partition coefficient (Wildman–Crippen LogP) is 2.00. The fourth-order valence-corrected chi connectivity index (χ4v) is 5.07. The average Bonchev–Trinajstić information content (AvgIpc) is 3.09. The molecule has 3 heterocycles. The number of hydrogen-bond donors (Lipinski definition) is 0. The molecule has 22 heavy (non-hydrogen) atoms. The van der Waals surface area contributed by atoms with Crippen LogP contribution in [0, 0.1) is 0 Å². The van der Waals surface area contributed by atoms with Crippen molar-refractivity contribution in [1.29, 1.82) is 0 Å². The molecule has 5 rings (SSSR count). The third kappa shape index (κ3) is 1.32. The molecule has 2 bridgehead atoms. The molecule has 2 fully saturated rings. The summed E-state index contributed by atoms with van der Waals surface area (Å²) in [6.45, 7) is 2.05. The minimum Gasteiger partial charge on any atom is -0.492 e. The molecule has 0 amide bonds. The smallest absolute Gasteiger partial charge is 0.231 e. The van der Waals surface area contributed by atoms with Crippen LogP contribution in [0.4, 0.5) is 0 Å². The van der Waals surface area contributed by atoms with Crippen LogP contribution < -0.4 is 14.2 Å². The molecule has 3 aliphatic heterocycles. The van der Waals surface area contributed by atoms with Crippen molar-refractivity contribution in [2.24, 2.45) is 0 Å². The quantitative estimate of drug-likeness (QED) is 0.794. The van der Waals surface area contributed by atoms with Crippen molar-refractivity contribution in [3.63, 3.8) is 0 Å². The van der Waals surface area contributed by atoms with Crippen LogP contribution in [0.3, 0.4) is 0 Å². The molecule has 116 valence electrons. The molecular formula is C17H19NO4. The number of methoxy groups -OCH3 is 1. The van der Waals surface area contributed by atoms with Crippen LogP contribution in [0.15, 0.2) is 6.07 Å². The number of benzene rings is 1. The van der Waals surface area contributed by atoms with E-state index in [2.05, 4.69) is 11.0 Å². The number of carbonyl (C=O) groups is 1. The van der Waals surface area contributed by atoms with E-state index in [1.807, 2.05) is 0 Å². The lowest BCUT2D eigenvalue weighted by Gasteiger charge is -2.46. The van der Waals surface area contributed by atoms with Crippen LogP contribution in [0.25, 0.3) is 0 Å². The Hall–Kier alpha value is -1.75. The highest BCUT2D eigenvalue weighted by molar-refractivity contribution is 5.94. The number of nitrogens with zero attached hydrogens (tertiary/aromatic N) is 1. The van der Waals surface area contributed by atoms with E-state index < -0.39 is 0 Å². The topological polar surface area (TPSA) is 48.0 Å². The lowest BCUT2D eigenvalue weighted by molar-refractivity contribution is -0.128. The standard InChI is InChI=1S/C17H19NO4/c1-20-15-10-8-18-6-5-17(13(18)3-2-4-14(17)19)11(10)7-12-16(15)22-9-21-12/h7,13H,2-6,8-9H2,1H3. The summed E-state index contributed by atoms with van der Waals surface area (Å²) in [6, 6.07) is 2.41. The summed E-state index contributed by atoms with van der Waals surface area (Å²) in [7, 11) is 1.67. The van der Waals surface area contributed by atoms with Gasteiger partial charge in [0.1, 0.15) is 5.78 Å². The van der Waals surface area contributed by atoms with Crippen molar-refractivity contribution >= 4 is 5.78 Å². The van der Waals surface area contributed by atoms with Gasteiger partial charge in [0.25, 0.3) is 0 Å². The number of ether oxygens (including phenoxy) is 3. The van der Waals surface area contributed by atoms with E-state index in [0.29, 0.717) is 24.0 Å². The molecule has 5 heteroatoms. The molecule has 3 atom stereocenters. The second-order valence-electron chi connectivity index (χ2n) is 6.69. The summed E-state index contributed by atoms with van der Waals surface area (Å²) in [4.78, 5) is 15.4. The first-order chi connectivity index (χ1) is 10.8. The van der Waals surface area contributed by atoms with E-state index in [9.17, 15) is 4.79 Å². The largest absolute Gasteiger partial charge is 0.492 e. The van der Waals surface area contributed by atoms with Gasteiger partial charge in [-0.3, -0.25) is 9.69 Å². The van der Waals surface area contributed by atoms with Gasteiger partial charge in [-0.15, -0.1) is 0 Å². The second-order valence-corrected chi connectivity index (χ2v) is 6.69. The average molecular weight is 301 g/mol. The Bertz CT molecular complexity index is 686. The normalized spacial score (nSPS) is 34.3. The van der Waals surface area contributed by atoms with Crippen LogP contribution in [-0.4, -0.2) is 37.2 Å². The van der Waals surface area contributed by atoms with E-state index in [4.69, 9.17) is 14.2 Å². The molecule has 1 aromatic carbocycles. The first-order valence-electron chi connectivity index (χ1n) is 8.03. The van der Waals surface area contributed by atoms with Crippen molar-refractivity contribution in [2.75, 3.05) is 20.4 Å². The molecule has 5 nitrogen and oxygen atoms in total. The summed E-state index contributed by atoms with van der Waals surface area (Å²) in [5.41, 5.74) is 1.91. The zero-order valence-electron chi connectivity index (χ0n) is 12.7. The van der Waals surface area contributed by atoms with Crippen LogP contribution in [-0.2, 0) is 16.8 Å². The summed E-state index contributed by atoms with van der Waals surface area (Å²) in [5.74, 6) is 2.57. The molecule has 0 spiro atoms. The first-order valence-corrected chi connectivity index (χ1v) is 8.03. The van der Waals surface area contributed by atoms with Gasteiger partial charge >= 0.3 is 0 Å². The minimum absolute atomic E-state index is 0.225. The third-order valence-electron chi connectivity index (χ3n) is 5.95. The molecule has 3 unspecified atom stereocenters. The van der Waals surface area contributed by atoms with Crippen LogP contribution in [0.2, 0.25) is 0 Å². The fourth-order valence-electron chi connectivity index (χ4n) is 5.07. The molecule has 0 N–H and O–H groups in total. The van der Waals surface area contributed by atoms with Crippen LogP contribution >= 0.6 is 0 Å². The van der Waals surface area contributed by atoms with Gasteiger partial charge in [-0.05, 0) is 30.9 Å². The van der Waals surface area contributed by atoms with Gasteiger partial charge in [0.2, 0.25) is 12.5 Å². The Kier molecular flexibility index (Phi) is 2.41. The highest BCUT2D eigenvalue weighted by Crippen LogP contribution is 2.57. The van der Waals surface area contributed by atoms with Gasteiger partial charge in [-0.25, -0.2) is 0 Å². The molecule has 1 aliphatic carbocycles.